The Balaban J connectivity index is 1.83. The van der Waals surface area contributed by atoms with E-state index in [1.54, 1.807) is 37.3 Å². The van der Waals surface area contributed by atoms with Crippen LogP contribution < -0.4 is 15.6 Å². The van der Waals surface area contributed by atoms with Crippen LogP contribution in [-0.4, -0.2) is 15.3 Å². The fraction of sp³-hybridized carbons (Fsp3) is 0.0769. The van der Waals surface area contributed by atoms with E-state index in [0.29, 0.717) is 11.3 Å². The van der Waals surface area contributed by atoms with Crippen molar-refractivity contribution in [2.45, 2.75) is 13.8 Å². The molecule has 34 heavy (non-hydrogen) atoms. The average Bonchev–Trinajstić information content (AvgIpc) is 2.81. The van der Waals surface area contributed by atoms with Crippen molar-refractivity contribution >= 4 is 23.3 Å². The summed E-state index contributed by atoms with van der Waals surface area (Å²) in [7, 11) is 0. The number of rotatable bonds is 5. The summed E-state index contributed by atoms with van der Waals surface area (Å²) in [5.41, 5.74) is 1.59. The number of anilines is 1. The number of nitrogens with zero attached hydrogens (tertiary/aromatic N) is 3. The zero-order valence-corrected chi connectivity index (χ0v) is 18.4. The monoisotopic (exact) mass is 454 g/mol. The summed E-state index contributed by atoms with van der Waals surface area (Å²) >= 11 is 0. The summed E-state index contributed by atoms with van der Waals surface area (Å²) < 4.78 is 20.4. The van der Waals surface area contributed by atoms with Gasteiger partial charge < -0.3 is 10.1 Å². The molecular weight excluding hydrogens is 435 g/mol. The second-order valence-corrected chi connectivity index (χ2v) is 7.57. The third-order valence-electron chi connectivity index (χ3n) is 5.01. The summed E-state index contributed by atoms with van der Waals surface area (Å²) in [6.45, 7) is 3.66. The van der Waals surface area contributed by atoms with Crippen LogP contribution in [0.5, 0.6) is 11.6 Å². The van der Waals surface area contributed by atoms with Gasteiger partial charge in [-0.3, -0.25) is 14.0 Å². The van der Waals surface area contributed by atoms with E-state index in [-0.39, 0.29) is 22.8 Å². The largest absolute Gasteiger partial charge is 0.438 e. The van der Waals surface area contributed by atoms with Crippen molar-refractivity contribution in [1.29, 1.82) is 5.26 Å². The predicted molar refractivity (Wildman–Crippen MR) is 126 cm³/mol. The second-order valence-electron chi connectivity index (χ2n) is 7.57. The molecule has 2 heterocycles. The van der Waals surface area contributed by atoms with Crippen LogP contribution in [0.25, 0.3) is 11.7 Å². The highest BCUT2D eigenvalue weighted by atomic mass is 19.1. The molecule has 0 bridgehead atoms. The number of hydrogen-bond donors (Lipinski definition) is 1. The molecule has 0 fully saturated rings. The molecule has 0 atom stereocenters. The lowest BCUT2D eigenvalue weighted by Crippen LogP contribution is -2.20. The number of aromatic nitrogens is 2. The number of halogens is 1. The first kappa shape index (κ1) is 22.4. The quantitative estimate of drug-likeness (QED) is 0.346. The van der Waals surface area contributed by atoms with E-state index >= 15 is 0 Å². The lowest BCUT2D eigenvalue weighted by molar-refractivity contribution is -0.112. The van der Waals surface area contributed by atoms with E-state index in [2.05, 4.69) is 10.3 Å². The Kier molecular flexibility index (Phi) is 6.19. The first-order valence-corrected chi connectivity index (χ1v) is 10.3. The van der Waals surface area contributed by atoms with Crippen LogP contribution in [0.4, 0.5) is 10.1 Å². The minimum atomic E-state index is -0.686. The zero-order chi connectivity index (χ0) is 24.2. The highest BCUT2D eigenvalue weighted by Crippen LogP contribution is 2.25. The highest BCUT2D eigenvalue weighted by molar-refractivity contribution is 6.09. The van der Waals surface area contributed by atoms with Crippen molar-refractivity contribution in [1.82, 2.24) is 9.38 Å². The molecule has 0 radical (unpaired) electrons. The van der Waals surface area contributed by atoms with Crippen LogP contribution in [0.1, 0.15) is 16.7 Å². The maximum atomic E-state index is 13.3. The van der Waals surface area contributed by atoms with Gasteiger partial charge in [-0.05, 0) is 73.5 Å². The van der Waals surface area contributed by atoms with Crippen LogP contribution in [0.3, 0.4) is 0 Å². The minimum Gasteiger partial charge on any atom is -0.438 e. The first-order valence-electron chi connectivity index (χ1n) is 10.3. The SMILES string of the molecule is Cc1cccc(NC(=O)/C(C#N)=C\c2c(Oc3ccc(F)cc3)nc3c(C)cccn3c2=O)c1. The normalized spacial score (nSPS) is 11.2. The van der Waals surface area contributed by atoms with Gasteiger partial charge in [0.2, 0.25) is 5.88 Å². The van der Waals surface area contributed by atoms with E-state index < -0.39 is 17.3 Å². The molecule has 0 aliphatic heterocycles. The van der Waals surface area contributed by atoms with Gasteiger partial charge in [0.15, 0.2) is 0 Å². The average molecular weight is 454 g/mol. The molecular formula is C26H19FN4O3. The van der Waals surface area contributed by atoms with Gasteiger partial charge >= 0.3 is 0 Å². The summed E-state index contributed by atoms with van der Waals surface area (Å²) in [5, 5.41) is 12.3. The molecule has 168 valence electrons. The fourth-order valence-electron chi connectivity index (χ4n) is 3.32. The lowest BCUT2D eigenvalue weighted by atomic mass is 10.1. The number of nitrogens with one attached hydrogen (secondary N) is 1. The molecule has 8 heteroatoms. The van der Waals surface area contributed by atoms with Crippen LogP contribution in [0, 0.1) is 31.0 Å². The van der Waals surface area contributed by atoms with Crippen LogP contribution in [-0.2, 0) is 4.79 Å². The molecule has 2 aromatic carbocycles. The van der Waals surface area contributed by atoms with E-state index in [4.69, 9.17) is 4.74 Å². The molecule has 0 aliphatic carbocycles. The van der Waals surface area contributed by atoms with Crippen LogP contribution in [0.15, 0.2) is 77.2 Å². The molecule has 4 aromatic rings. The molecule has 0 spiro atoms. The second kappa shape index (κ2) is 9.38. The van der Waals surface area contributed by atoms with Gasteiger partial charge in [0.05, 0.1) is 0 Å². The Bertz CT molecular complexity index is 1530. The molecule has 2 aromatic heterocycles. The number of benzene rings is 2. The number of carbonyl (C=O) groups excluding carboxylic acids is 1. The number of nitriles is 1. The molecule has 1 amide bonds. The predicted octanol–water partition coefficient (Wildman–Crippen LogP) is 4.79. The molecule has 0 saturated carbocycles. The van der Waals surface area contributed by atoms with Gasteiger partial charge in [-0.2, -0.15) is 10.2 Å². The van der Waals surface area contributed by atoms with E-state index in [0.717, 1.165) is 17.2 Å². The standard InChI is InChI=1S/C26H19FN4O3/c1-16-5-3-7-20(13-16)29-24(32)18(15-28)14-22-25(34-21-10-8-19(27)9-11-21)30-23-17(2)6-4-12-31(23)26(22)33/h3-14H,1-2H3,(H,29,32)/b18-14-. The van der Waals surface area contributed by atoms with Gasteiger partial charge in [0.1, 0.15) is 34.4 Å². The van der Waals surface area contributed by atoms with Gasteiger partial charge in [-0.1, -0.05) is 18.2 Å². The number of aryl methyl sites for hydroxylation is 2. The molecule has 4 rings (SSSR count). The van der Waals surface area contributed by atoms with Gasteiger partial charge in [-0.25, -0.2) is 4.39 Å². The highest BCUT2D eigenvalue weighted by Gasteiger charge is 2.18. The number of carbonyl (C=O) groups is 1. The third-order valence-corrected chi connectivity index (χ3v) is 5.01. The van der Waals surface area contributed by atoms with Crippen LogP contribution >= 0.6 is 0 Å². The van der Waals surface area contributed by atoms with Crippen molar-refractivity contribution in [3.05, 3.63) is 105 Å². The third kappa shape index (κ3) is 4.69. The number of amides is 1. The van der Waals surface area contributed by atoms with Gasteiger partial charge in [-0.15, -0.1) is 0 Å². The summed E-state index contributed by atoms with van der Waals surface area (Å²) in [5.74, 6) is -1.00. The molecule has 0 aliphatic rings. The maximum absolute atomic E-state index is 13.3. The number of pyridine rings is 1. The Morgan fingerprint density at radius 1 is 1.15 bits per heavy atom. The number of ether oxygens (including phenoxy) is 1. The van der Waals surface area contributed by atoms with Crippen molar-refractivity contribution in [3.8, 4) is 17.7 Å². The smallest absolute Gasteiger partial charge is 0.269 e. The van der Waals surface area contributed by atoms with E-state index in [1.165, 1.54) is 34.9 Å². The maximum Gasteiger partial charge on any atom is 0.269 e. The van der Waals surface area contributed by atoms with Crippen molar-refractivity contribution < 1.29 is 13.9 Å². The van der Waals surface area contributed by atoms with Crippen LogP contribution in [0.2, 0.25) is 0 Å². The number of fused-ring (bicyclic) bond motifs is 1. The zero-order valence-electron chi connectivity index (χ0n) is 18.4. The van der Waals surface area contributed by atoms with Crippen molar-refractivity contribution in [2.24, 2.45) is 0 Å². The molecule has 0 saturated heterocycles. The Labute approximate surface area is 194 Å². The lowest BCUT2D eigenvalue weighted by Gasteiger charge is -2.11. The van der Waals surface area contributed by atoms with Crippen molar-refractivity contribution in [2.75, 3.05) is 5.32 Å². The summed E-state index contributed by atoms with van der Waals surface area (Å²) in [6.07, 6.45) is 2.68. The van der Waals surface area contributed by atoms with Gasteiger partial charge in [0, 0.05) is 11.9 Å². The van der Waals surface area contributed by atoms with E-state index in [9.17, 15) is 19.2 Å². The fourth-order valence-corrected chi connectivity index (χ4v) is 3.32. The molecule has 1 N–H and O–H groups in total. The first-order chi connectivity index (χ1) is 16.4. The Morgan fingerprint density at radius 3 is 2.62 bits per heavy atom. The minimum absolute atomic E-state index is 0.0941. The summed E-state index contributed by atoms with van der Waals surface area (Å²) in [6, 6.07) is 17.6. The van der Waals surface area contributed by atoms with Gasteiger partial charge in [0.25, 0.3) is 11.5 Å². The van der Waals surface area contributed by atoms with E-state index in [1.807, 2.05) is 19.1 Å². The topological polar surface area (TPSA) is 96.5 Å². The molecule has 7 nitrogen and oxygen atoms in total. The Morgan fingerprint density at radius 2 is 1.91 bits per heavy atom. The Hall–Kier alpha value is -4.77. The van der Waals surface area contributed by atoms with Crippen molar-refractivity contribution in [3.63, 3.8) is 0 Å². The molecule has 0 unspecified atom stereocenters. The summed E-state index contributed by atoms with van der Waals surface area (Å²) in [4.78, 5) is 30.6. The number of hydrogen-bond acceptors (Lipinski definition) is 5.